The quantitative estimate of drug-likeness (QED) is 0.750. The number of terminal acetylenes is 1. The average molecular weight is 201 g/mol. The molecule has 0 saturated carbocycles. The van der Waals surface area contributed by atoms with Gasteiger partial charge in [-0.3, -0.25) is 0 Å². The van der Waals surface area contributed by atoms with Crippen LogP contribution in [0, 0.1) is 12.3 Å². The molecule has 1 heterocycles. The molecule has 2 nitrogen and oxygen atoms in total. The number of likely N-dealkylation sites (N-methyl/N-ethyl adjacent to an activating group) is 1. The minimum atomic E-state index is 0.00222. The molecule has 2 rings (SSSR count). The number of rotatable bonds is 3. The Bertz CT molecular complexity index is 355. The molecule has 1 aromatic carbocycles. The summed E-state index contributed by atoms with van der Waals surface area (Å²) in [5.74, 6) is 3.72. The van der Waals surface area contributed by atoms with Gasteiger partial charge < -0.3 is 10.1 Å². The van der Waals surface area contributed by atoms with E-state index in [0.717, 1.165) is 18.7 Å². The van der Waals surface area contributed by atoms with Crippen LogP contribution in [0.25, 0.3) is 0 Å². The predicted molar refractivity (Wildman–Crippen MR) is 60.9 cm³/mol. The molecular formula is C13H15NO. The molecule has 2 unspecified atom stereocenters. The fourth-order valence-electron chi connectivity index (χ4n) is 1.91. The minimum Gasteiger partial charge on any atom is -0.487 e. The lowest BCUT2D eigenvalue weighted by Crippen LogP contribution is -2.41. The van der Waals surface area contributed by atoms with E-state index in [1.54, 1.807) is 0 Å². The summed E-state index contributed by atoms with van der Waals surface area (Å²) in [6, 6.07) is 8.11. The van der Waals surface area contributed by atoms with E-state index < -0.39 is 0 Å². The fraction of sp³-hybridized carbons (Fsp3) is 0.385. The van der Waals surface area contributed by atoms with Crippen LogP contribution in [0.15, 0.2) is 24.3 Å². The van der Waals surface area contributed by atoms with E-state index in [-0.39, 0.29) is 12.1 Å². The zero-order valence-electron chi connectivity index (χ0n) is 8.86. The third-order valence-electron chi connectivity index (χ3n) is 2.65. The van der Waals surface area contributed by atoms with Crippen molar-refractivity contribution in [2.45, 2.75) is 25.5 Å². The third kappa shape index (κ3) is 1.98. The zero-order valence-corrected chi connectivity index (χ0v) is 8.86. The van der Waals surface area contributed by atoms with E-state index in [1.807, 2.05) is 25.1 Å². The van der Waals surface area contributed by atoms with Gasteiger partial charge in [0, 0.05) is 6.42 Å². The van der Waals surface area contributed by atoms with Gasteiger partial charge in [-0.1, -0.05) is 31.0 Å². The zero-order chi connectivity index (χ0) is 10.7. The summed E-state index contributed by atoms with van der Waals surface area (Å²) in [5, 5.41) is 3.25. The van der Waals surface area contributed by atoms with Crippen LogP contribution >= 0.6 is 0 Å². The fourth-order valence-corrected chi connectivity index (χ4v) is 1.91. The molecule has 1 aliphatic heterocycles. The monoisotopic (exact) mass is 201 g/mol. The molecule has 1 N–H and O–H groups in total. The van der Waals surface area contributed by atoms with Crippen molar-refractivity contribution in [3.05, 3.63) is 29.8 Å². The Kier molecular flexibility index (Phi) is 2.94. The first kappa shape index (κ1) is 10.1. The summed E-state index contributed by atoms with van der Waals surface area (Å²) in [5.41, 5.74) is 1.25. The maximum atomic E-state index is 5.81. The summed E-state index contributed by atoms with van der Waals surface area (Å²) < 4.78 is 5.81. The molecule has 1 aromatic rings. The van der Waals surface area contributed by atoms with Crippen LogP contribution in [0.3, 0.4) is 0 Å². The first-order valence-electron chi connectivity index (χ1n) is 5.29. The first-order valence-corrected chi connectivity index (χ1v) is 5.29. The summed E-state index contributed by atoms with van der Waals surface area (Å²) in [6.45, 7) is 2.91. The Balaban J connectivity index is 2.09. The minimum absolute atomic E-state index is 0.00222. The van der Waals surface area contributed by atoms with Gasteiger partial charge in [-0.15, -0.1) is 6.42 Å². The smallest absolute Gasteiger partial charge is 0.129 e. The molecule has 0 bridgehead atoms. The summed E-state index contributed by atoms with van der Waals surface area (Å²) in [7, 11) is 0. The Morgan fingerprint density at radius 2 is 2.40 bits per heavy atom. The predicted octanol–water partition coefficient (Wildman–Crippen LogP) is 1.60. The number of fused-ring (bicyclic) bond motifs is 1. The van der Waals surface area contributed by atoms with E-state index in [0.29, 0.717) is 0 Å². The lowest BCUT2D eigenvalue weighted by molar-refractivity contribution is 0.204. The molecule has 0 aromatic heterocycles. The van der Waals surface area contributed by atoms with E-state index in [9.17, 15) is 0 Å². The van der Waals surface area contributed by atoms with Gasteiger partial charge in [-0.2, -0.15) is 0 Å². The van der Waals surface area contributed by atoms with E-state index in [4.69, 9.17) is 11.2 Å². The van der Waals surface area contributed by atoms with Crippen molar-refractivity contribution in [1.82, 2.24) is 5.32 Å². The van der Waals surface area contributed by atoms with Gasteiger partial charge in [0.1, 0.15) is 17.9 Å². The van der Waals surface area contributed by atoms with Crippen molar-refractivity contribution >= 4 is 0 Å². The van der Waals surface area contributed by atoms with Crippen molar-refractivity contribution < 1.29 is 4.74 Å². The normalized spacial score (nSPS) is 20.1. The SMILES string of the molecule is C#CC(NCC)C1Cc2ccccc2O1. The van der Waals surface area contributed by atoms with Gasteiger partial charge in [0.25, 0.3) is 0 Å². The Morgan fingerprint density at radius 1 is 1.60 bits per heavy atom. The maximum Gasteiger partial charge on any atom is 0.129 e. The number of hydrogen-bond donors (Lipinski definition) is 1. The molecule has 0 radical (unpaired) electrons. The Morgan fingerprint density at radius 3 is 3.07 bits per heavy atom. The molecule has 0 saturated heterocycles. The maximum absolute atomic E-state index is 5.81. The highest BCUT2D eigenvalue weighted by Crippen LogP contribution is 2.29. The molecule has 2 heteroatoms. The summed E-state index contributed by atoms with van der Waals surface area (Å²) in [4.78, 5) is 0. The highest BCUT2D eigenvalue weighted by molar-refractivity contribution is 5.38. The van der Waals surface area contributed by atoms with Crippen LogP contribution < -0.4 is 10.1 Å². The topological polar surface area (TPSA) is 21.3 Å². The second kappa shape index (κ2) is 4.37. The van der Waals surface area contributed by atoms with Gasteiger partial charge in [-0.05, 0) is 18.2 Å². The van der Waals surface area contributed by atoms with Gasteiger partial charge in [-0.25, -0.2) is 0 Å². The lowest BCUT2D eigenvalue weighted by Gasteiger charge is -2.18. The number of hydrogen-bond acceptors (Lipinski definition) is 2. The second-order valence-electron chi connectivity index (χ2n) is 3.67. The number of ether oxygens (including phenoxy) is 1. The van der Waals surface area contributed by atoms with Crippen molar-refractivity contribution in [2.24, 2.45) is 0 Å². The second-order valence-corrected chi connectivity index (χ2v) is 3.67. The van der Waals surface area contributed by atoms with Crippen molar-refractivity contribution in [2.75, 3.05) is 6.54 Å². The third-order valence-corrected chi connectivity index (χ3v) is 2.65. The van der Waals surface area contributed by atoms with Crippen molar-refractivity contribution in [3.8, 4) is 18.1 Å². The lowest BCUT2D eigenvalue weighted by atomic mass is 10.1. The van der Waals surface area contributed by atoms with Gasteiger partial charge >= 0.3 is 0 Å². The van der Waals surface area contributed by atoms with Crippen LogP contribution in [-0.4, -0.2) is 18.7 Å². The van der Waals surface area contributed by atoms with E-state index in [2.05, 4.69) is 17.3 Å². The summed E-state index contributed by atoms with van der Waals surface area (Å²) >= 11 is 0. The number of nitrogens with one attached hydrogen (secondary N) is 1. The number of para-hydroxylation sites is 1. The molecular weight excluding hydrogens is 186 g/mol. The number of benzene rings is 1. The van der Waals surface area contributed by atoms with Crippen LogP contribution in [-0.2, 0) is 6.42 Å². The van der Waals surface area contributed by atoms with Gasteiger partial charge in [0.05, 0.1) is 0 Å². The Hall–Kier alpha value is -1.46. The van der Waals surface area contributed by atoms with Crippen LogP contribution in [0.1, 0.15) is 12.5 Å². The molecule has 0 fully saturated rings. The highest BCUT2D eigenvalue weighted by atomic mass is 16.5. The van der Waals surface area contributed by atoms with Crippen LogP contribution in [0.4, 0.5) is 0 Å². The van der Waals surface area contributed by atoms with E-state index in [1.165, 1.54) is 5.56 Å². The molecule has 15 heavy (non-hydrogen) atoms. The highest BCUT2D eigenvalue weighted by Gasteiger charge is 2.28. The van der Waals surface area contributed by atoms with Crippen molar-refractivity contribution in [3.63, 3.8) is 0 Å². The van der Waals surface area contributed by atoms with Crippen LogP contribution in [0.2, 0.25) is 0 Å². The van der Waals surface area contributed by atoms with Gasteiger partial charge in [0.2, 0.25) is 0 Å². The summed E-state index contributed by atoms with van der Waals surface area (Å²) in [6.07, 6.45) is 6.46. The molecule has 78 valence electrons. The average Bonchev–Trinajstić information content (AvgIpc) is 2.69. The molecule has 1 aliphatic rings. The first-order chi connectivity index (χ1) is 7.35. The molecule has 0 spiro atoms. The van der Waals surface area contributed by atoms with Gasteiger partial charge in [0.15, 0.2) is 0 Å². The standard InChI is InChI=1S/C13H15NO/c1-3-11(14-4-2)13-9-10-7-5-6-8-12(10)15-13/h1,5-8,11,13-14H,4,9H2,2H3. The molecule has 2 atom stereocenters. The largest absolute Gasteiger partial charge is 0.487 e. The van der Waals surface area contributed by atoms with Crippen molar-refractivity contribution in [1.29, 1.82) is 0 Å². The van der Waals surface area contributed by atoms with E-state index >= 15 is 0 Å². The molecule has 0 aliphatic carbocycles. The molecule has 0 amide bonds. The van der Waals surface area contributed by atoms with Crippen LogP contribution in [0.5, 0.6) is 5.75 Å². The Labute approximate surface area is 90.6 Å².